The first kappa shape index (κ1) is 13.9. The van der Waals surface area contributed by atoms with Gasteiger partial charge in [-0.3, -0.25) is 0 Å². The van der Waals surface area contributed by atoms with E-state index in [0.29, 0.717) is 18.3 Å². The predicted molar refractivity (Wildman–Crippen MR) is 59.9 cm³/mol. The molecule has 0 saturated heterocycles. The molecule has 0 saturated carbocycles. The van der Waals surface area contributed by atoms with Crippen LogP contribution in [0.15, 0.2) is 0 Å². The van der Waals surface area contributed by atoms with E-state index in [-0.39, 0.29) is 0 Å². The maximum Gasteiger partial charge on any atom is 0.167 e. The third-order valence-corrected chi connectivity index (χ3v) is 2.70. The van der Waals surface area contributed by atoms with Gasteiger partial charge in [0.2, 0.25) is 0 Å². The zero-order valence-electron chi connectivity index (χ0n) is 10.5. The second kappa shape index (κ2) is 4.63. The summed E-state index contributed by atoms with van der Waals surface area (Å²) in [4.78, 5) is 0. The number of aliphatic hydroxyl groups is 2. The molecule has 0 radical (unpaired) electrons. The van der Waals surface area contributed by atoms with Crippen molar-refractivity contribution in [1.29, 1.82) is 0 Å². The summed E-state index contributed by atoms with van der Waals surface area (Å²) in [6.45, 7) is 12.1. The van der Waals surface area contributed by atoms with E-state index < -0.39 is 11.2 Å². The first-order chi connectivity index (χ1) is 6.08. The van der Waals surface area contributed by atoms with Gasteiger partial charge in [-0.15, -0.1) is 0 Å². The van der Waals surface area contributed by atoms with Crippen LogP contribution in [0.4, 0.5) is 0 Å². The van der Waals surface area contributed by atoms with Crippen LogP contribution in [-0.4, -0.2) is 16.0 Å². The molecular formula is C12H26O2. The van der Waals surface area contributed by atoms with Gasteiger partial charge >= 0.3 is 0 Å². The molecule has 0 aliphatic carbocycles. The van der Waals surface area contributed by atoms with E-state index in [9.17, 15) is 10.2 Å². The Labute approximate surface area is 88.3 Å². The molecule has 0 atom stereocenters. The Morgan fingerprint density at radius 3 is 1.50 bits per heavy atom. The lowest BCUT2D eigenvalue weighted by atomic mass is 9.74. The summed E-state index contributed by atoms with van der Waals surface area (Å²) in [6, 6.07) is 0. The van der Waals surface area contributed by atoms with Crippen LogP contribution in [0.2, 0.25) is 0 Å². The van der Waals surface area contributed by atoms with Gasteiger partial charge in [-0.25, -0.2) is 0 Å². The second-order valence-corrected chi connectivity index (χ2v) is 5.90. The first-order valence-corrected chi connectivity index (χ1v) is 5.53. The predicted octanol–water partition coefficient (Wildman–Crippen LogP) is 2.79. The van der Waals surface area contributed by atoms with Gasteiger partial charge < -0.3 is 10.2 Å². The maximum absolute atomic E-state index is 10.0. The minimum absolute atomic E-state index is 0.302. The third-order valence-electron chi connectivity index (χ3n) is 2.70. The summed E-state index contributed by atoms with van der Waals surface area (Å²) in [5, 5.41) is 20.0. The molecule has 0 fully saturated rings. The van der Waals surface area contributed by atoms with Crippen molar-refractivity contribution in [2.75, 3.05) is 0 Å². The van der Waals surface area contributed by atoms with Crippen LogP contribution in [0.5, 0.6) is 0 Å². The number of hydrogen-bond acceptors (Lipinski definition) is 2. The highest BCUT2D eigenvalue weighted by Crippen LogP contribution is 2.38. The van der Waals surface area contributed by atoms with Crippen molar-refractivity contribution in [3.8, 4) is 0 Å². The molecule has 0 amide bonds. The fourth-order valence-corrected chi connectivity index (χ4v) is 2.03. The normalized spacial score (nSPS) is 14.1. The van der Waals surface area contributed by atoms with Crippen molar-refractivity contribution < 1.29 is 10.2 Å². The van der Waals surface area contributed by atoms with Gasteiger partial charge in [-0.2, -0.15) is 0 Å². The molecular weight excluding hydrogens is 176 g/mol. The molecule has 14 heavy (non-hydrogen) atoms. The van der Waals surface area contributed by atoms with Gasteiger partial charge in [0.25, 0.3) is 0 Å². The standard InChI is InChI=1S/C12H26O2/c1-9(2)7-11(5,6)12(13,14)8-10(3)4/h9-10,13-14H,7-8H2,1-6H3. The Morgan fingerprint density at radius 2 is 1.21 bits per heavy atom. The number of rotatable bonds is 5. The van der Waals surface area contributed by atoms with Gasteiger partial charge in [0.05, 0.1) is 0 Å². The van der Waals surface area contributed by atoms with E-state index in [1.54, 1.807) is 0 Å². The summed E-state index contributed by atoms with van der Waals surface area (Å²) >= 11 is 0. The lowest BCUT2D eigenvalue weighted by Crippen LogP contribution is -2.46. The monoisotopic (exact) mass is 202 g/mol. The summed E-state index contributed by atoms with van der Waals surface area (Å²) in [5.74, 6) is -0.766. The molecule has 0 aromatic rings. The van der Waals surface area contributed by atoms with E-state index in [4.69, 9.17) is 0 Å². The minimum Gasteiger partial charge on any atom is -0.365 e. The van der Waals surface area contributed by atoms with Crippen molar-refractivity contribution in [2.45, 2.75) is 60.2 Å². The highest BCUT2D eigenvalue weighted by Gasteiger charge is 2.42. The first-order valence-electron chi connectivity index (χ1n) is 5.53. The van der Waals surface area contributed by atoms with Gasteiger partial charge in [0.1, 0.15) is 0 Å². The SMILES string of the molecule is CC(C)CC(C)(C)C(O)(O)CC(C)C. The summed E-state index contributed by atoms with van der Waals surface area (Å²) < 4.78 is 0. The molecule has 0 spiro atoms. The molecule has 0 bridgehead atoms. The molecule has 2 N–H and O–H groups in total. The molecule has 0 rings (SSSR count). The topological polar surface area (TPSA) is 40.5 Å². The van der Waals surface area contributed by atoms with Crippen molar-refractivity contribution in [1.82, 2.24) is 0 Å². The molecule has 0 unspecified atom stereocenters. The van der Waals surface area contributed by atoms with Crippen LogP contribution in [0.25, 0.3) is 0 Å². The van der Waals surface area contributed by atoms with Gasteiger partial charge in [0.15, 0.2) is 5.79 Å². The van der Waals surface area contributed by atoms with E-state index in [2.05, 4.69) is 13.8 Å². The lowest BCUT2D eigenvalue weighted by molar-refractivity contribution is -0.246. The van der Waals surface area contributed by atoms with Gasteiger partial charge in [-0.05, 0) is 18.3 Å². The molecule has 0 aromatic heterocycles. The molecule has 2 heteroatoms. The summed E-state index contributed by atoms with van der Waals surface area (Å²) in [5.41, 5.74) is -0.439. The largest absolute Gasteiger partial charge is 0.365 e. The molecule has 0 aliphatic heterocycles. The fourth-order valence-electron chi connectivity index (χ4n) is 2.03. The molecule has 2 nitrogen and oxygen atoms in total. The van der Waals surface area contributed by atoms with Crippen molar-refractivity contribution in [3.63, 3.8) is 0 Å². The van der Waals surface area contributed by atoms with E-state index in [1.807, 2.05) is 27.7 Å². The molecule has 0 aromatic carbocycles. The Bertz CT molecular complexity index is 149. The highest BCUT2D eigenvalue weighted by atomic mass is 16.5. The average molecular weight is 202 g/mol. The van der Waals surface area contributed by atoms with Crippen LogP contribution in [-0.2, 0) is 0 Å². The molecule has 0 aliphatic rings. The van der Waals surface area contributed by atoms with Gasteiger partial charge in [-0.1, -0.05) is 41.5 Å². The number of hydrogen-bond donors (Lipinski definition) is 2. The van der Waals surface area contributed by atoms with Crippen LogP contribution in [0.3, 0.4) is 0 Å². The van der Waals surface area contributed by atoms with Crippen molar-refractivity contribution in [2.24, 2.45) is 17.3 Å². The average Bonchev–Trinajstić information content (AvgIpc) is 1.78. The fraction of sp³-hybridized carbons (Fsp3) is 1.00. The Morgan fingerprint density at radius 1 is 0.857 bits per heavy atom. The van der Waals surface area contributed by atoms with Crippen LogP contribution < -0.4 is 0 Å². The minimum atomic E-state index is -1.55. The second-order valence-electron chi connectivity index (χ2n) is 5.90. The zero-order chi connectivity index (χ0) is 11.6. The summed E-state index contributed by atoms with van der Waals surface area (Å²) in [6.07, 6.45) is 1.26. The van der Waals surface area contributed by atoms with Crippen molar-refractivity contribution >= 4 is 0 Å². The van der Waals surface area contributed by atoms with E-state index in [1.165, 1.54) is 0 Å². The highest BCUT2D eigenvalue weighted by molar-refractivity contribution is 4.85. The zero-order valence-corrected chi connectivity index (χ0v) is 10.5. The van der Waals surface area contributed by atoms with Crippen molar-refractivity contribution in [3.05, 3.63) is 0 Å². The van der Waals surface area contributed by atoms with E-state index >= 15 is 0 Å². The van der Waals surface area contributed by atoms with Gasteiger partial charge in [0, 0.05) is 11.8 Å². The quantitative estimate of drug-likeness (QED) is 0.673. The molecule has 0 heterocycles. The molecule has 86 valence electrons. The summed E-state index contributed by atoms with van der Waals surface area (Å²) in [7, 11) is 0. The smallest absolute Gasteiger partial charge is 0.167 e. The third kappa shape index (κ3) is 3.97. The Kier molecular flexibility index (Phi) is 4.60. The Balaban J connectivity index is 4.51. The van der Waals surface area contributed by atoms with E-state index in [0.717, 1.165) is 6.42 Å². The van der Waals surface area contributed by atoms with Crippen LogP contribution in [0, 0.1) is 17.3 Å². The van der Waals surface area contributed by atoms with Crippen LogP contribution >= 0.6 is 0 Å². The van der Waals surface area contributed by atoms with Crippen LogP contribution in [0.1, 0.15) is 54.4 Å². The maximum atomic E-state index is 10.0. The lowest BCUT2D eigenvalue weighted by Gasteiger charge is -2.40. The Hall–Kier alpha value is -0.0800.